The fraction of sp³-hybridized carbons (Fsp3) is 0.400. The van der Waals surface area contributed by atoms with E-state index in [9.17, 15) is 8.42 Å². The van der Waals surface area contributed by atoms with Crippen LogP contribution in [0.5, 0.6) is 0 Å². The number of hydrogen-bond donors (Lipinski definition) is 0. The monoisotopic (exact) mass is 260 g/mol. The van der Waals surface area contributed by atoms with E-state index >= 15 is 0 Å². The molecule has 0 atom stereocenters. The molecule has 0 radical (unpaired) electrons. The number of rotatable bonds is 2. The summed E-state index contributed by atoms with van der Waals surface area (Å²) in [6.07, 6.45) is 0. The molecule has 1 heterocycles. The molecule has 0 spiro atoms. The van der Waals surface area contributed by atoms with Gasteiger partial charge >= 0.3 is 0 Å². The highest BCUT2D eigenvalue weighted by molar-refractivity contribution is 7.89. The van der Waals surface area contributed by atoms with Crippen LogP contribution in [0.25, 0.3) is 0 Å². The molecular weight excluding hydrogens is 248 g/mol. The molecule has 0 amide bonds. The second-order valence-electron chi connectivity index (χ2n) is 3.63. The van der Waals surface area contributed by atoms with Crippen LogP contribution >= 0.6 is 11.8 Å². The molecule has 1 aliphatic rings. The number of sulfonamides is 1. The Bertz CT molecular complexity index is 441. The zero-order valence-electron chi connectivity index (χ0n) is 8.71. The molecule has 4 nitrogen and oxygen atoms in total. The Morgan fingerprint density at radius 3 is 2.12 bits per heavy atom. The van der Waals surface area contributed by atoms with Gasteiger partial charge in [0, 0.05) is 26.2 Å². The number of benzene rings is 1. The molecular formula is C10H13ClN2O2S. The molecule has 1 aliphatic heterocycles. The zero-order valence-corrected chi connectivity index (χ0v) is 10.3. The van der Waals surface area contributed by atoms with Gasteiger partial charge in [-0.1, -0.05) is 18.2 Å². The molecule has 0 bridgehead atoms. The Labute approximate surface area is 101 Å². The maximum Gasteiger partial charge on any atom is 0.243 e. The van der Waals surface area contributed by atoms with Gasteiger partial charge in [0.25, 0.3) is 0 Å². The first-order valence-electron chi connectivity index (χ1n) is 5.06. The third-order valence-corrected chi connectivity index (χ3v) is 4.82. The normalized spacial score (nSPS) is 19.8. The van der Waals surface area contributed by atoms with E-state index in [1.54, 1.807) is 34.8 Å². The molecule has 0 aromatic heterocycles. The van der Waals surface area contributed by atoms with Crippen molar-refractivity contribution in [3.05, 3.63) is 30.3 Å². The molecule has 1 aromatic carbocycles. The van der Waals surface area contributed by atoms with Crippen molar-refractivity contribution < 1.29 is 8.42 Å². The number of nitrogens with zero attached hydrogens (tertiary/aromatic N) is 2. The lowest BCUT2D eigenvalue weighted by molar-refractivity contribution is 0.282. The van der Waals surface area contributed by atoms with E-state index in [-0.39, 0.29) is 0 Å². The summed E-state index contributed by atoms with van der Waals surface area (Å²) >= 11 is 5.79. The largest absolute Gasteiger partial charge is 0.243 e. The average molecular weight is 261 g/mol. The lowest BCUT2D eigenvalue weighted by Gasteiger charge is -2.29. The van der Waals surface area contributed by atoms with Crippen LogP contribution in [-0.2, 0) is 10.0 Å². The van der Waals surface area contributed by atoms with E-state index in [0.29, 0.717) is 31.1 Å². The van der Waals surface area contributed by atoms with Crippen molar-refractivity contribution in [1.29, 1.82) is 0 Å². The maximum absolute atomic E-state index is 12.2. The van der Waals surface area contributed by atoms with Crippen molar-refractivity contribution in [2.75, 3.05) is 26.2 Å². The second-order valence-corrected chi connectivity index (χ2v) is 6.04. The molecule has 16 heavy (non-hydrogen) atoms. The summed E-state index contributed by atoms with van der Waals surface area (Å²) in [4.78, 5) is 0.345. The van der Waals surface area contributed by atoms with Crippen LogP contribution in [-0.4, -0.2) is 43.3 Å². The van der Waals surface area contributed by atoms with E-state index in [1.807, 2.05) is 0 Å². The summed E-state index contributed by atoms with van der Waals surface area (Å²) in [5.41, 5.74) is 0. The Kier molecular flexibility index (Phi) is 3.49. The molecule has 88 valence electrons. The fourth-order valence-corrected chi connectivity index (χ4v) is 3.24. The quantitative estimate of drug-likeness (QED) is 0.749. The minimum Gasteiger partial charge on any atom is -0.218 e. The van der Waals surface area contributed by atoms with Crippen molar-refractivity contribution in [3.8, 4) is 0 Å². The van der Waals surface area contributed by atoms with E-state index in [2.05, 4.69) is 0 Å². The van der Waals surface area contributed by atoms with Gasteiger partial charge in [0.2, 0.25) is 10.0 Å². The van der Waals surface area contributed by atoms with Gasteiger partial charge in [-0.25, -0.2) is 12.8 Å². The molecule has 1 saturated heterocycles. The summed E-state index contributed by atoms with van der Waals surface area (Å²) in [5, 5.41) is 0. The van der Waals surface area contributed by atoms with Crippen molar-refractivity contribution in [2.45, 2.75) is 4.90 Å². The summed E-state index contributed by atoms with van der Waals surface area (Å²) in [6.45, 7) is 2.02. The summed E-state index contributed by atoms with van der Waals surface area (Å²) in [7, 11) is -3.34. The van der Waals surface area contributed by atoms with E-state index < -0.39 is 10.0 Å². The molecule has 0 saturated carbocycles. The molecule has 1 fully saturated rings. The van der Waals surface area contributed by atoms with Gasteiger partial charge in [-0.2, -0.15) is 4.31 Å². The molecule has 1 aromatic rings. The van der Waals surface area contributed by atoms with Crippen LogP contribution in [0.3, 0.4) is 0 Å². The van der Waals surface area contributed by atoms with E-state index in [4.69, 9.17) is 11.8 Å². The summed E-state index contributed by atoms with van der Waals surface area (Å²) in [5.74, 6) is 0. The zero-order chi connectivity index (χ0) is 11.6. The van der Waals surface area contributed by atoms with Crippen molar-refractivity contribution in [2.24, 2.45) is 0 Å². The number of halogens is 1. The van der Waals surface area contributed by atoms with Gasteiger partial charge in [-0.3, -0.25) is 0 Å². The summed E-state index contributed by atoms with van der Waals surface area (Å²) in [6, 6.07) is 8.48. The van der Waals surface area contributed by atoms with Crippen LogP contribution in [0.2, 0.25) is 0 Å². The Morgan fingerprint density at radius 1 is 1.00 bits per heavy atom. The lowest BCUT2D eigenvalue weighted by atomic mass is 10.4. The number of piperazine rings is 1. The minimum atomic E-state index is -3.34. The van der Waals surface area contributed by atoms with E-state index in [1.165, 1.54) is 4.31 Å². The van der Waals surface area contributed by atoms with Crippen LogP contribution in [0.1, 0.15) is 0 Å². The smallest absolute Gasteiger partial charge is 0.218 e. The van der Waals surface area contributed by atoms with Gasteiger partial charge < -0.3 is 0 Å². The standard InChI is InChI=1S/C10H13ClN2O2S/c11-12-6-8-13(9-7-12)16(14,15)10-4-2-1-3-5-10/h1-5H,6-9H2. The van der Waals surface area contributed by atoms with Crippen molar-refractivity contribution in [3.63, 3.8) is 0 Å². The van der Waals surface area contributed by atoms with Crippen LogP contribution in [0, 0.1) is 0 Å². The highest BCUT2D eigenvalue weighted by Crippen LogP contribution is 2.17. The Morgan fingerprint density at radius 2 is 1.56 bits per heavy atom. The SMILES string of the molecule is O=S(=O)(c1ccccc1)N1CCN(Cl)CC1. The lowest BCUT2D eigenvalue weighted by Crippen LogP contribution is -2.45. The third-order valence-electron chi connectivity index (χ3n) is 2.57. The molecule has 0 unspecified atom stereocenters. The van der Waals surface area contributed by atoms with Gasteiger partial charge in [-0.05, 0) is 23.9 Å². The maximum atomic E-state index is 12.2. The molecule has 2 rings (SSSR count). The van der Waals surface area contributed by atoms with Gasteiger partial charge in [0.1, 0.15) is 0 Å². The highest BCUT2D eigenvalue weighted by Gasteiger charge is 2.27. The Hall–Kier alpha value is -0.620. The van der Waals surface area contributed by atoms with Crippen molar-refractivity contribution >= 4 is 21.8 Å². The first kappa shape index (κ1) is 11.9. The topological polar surface area (TPSA) is 40.6 Å². The van der Waals surface area contributed by atoms with Crippen LogP contribution < -0.4 is 0 Å². The first-order chi connectivity index (χ1) is 7.60. The minimum absolute atomic E-state index is 0.345. The predicted molar refractivity (Wildman–Crippen MR) is 62.6 cm³/mol. The Balaban J connectivity index is 2.20. The van der Waals surface area contributed by atoms with Gasteiger partial charge in [0.05, 0.1) is 4.90 Å². The predicted octanol–water partition coefficient (Wildman–Crippen LogP) is 1.15. The number of hydrogen-bond acceptors (Lipinski definition) is 3. The van der Waals surface area contributed by atoms with E-state index in [0.717, 1.165) is 0 Å². The average Bonchev–Trinajstić information content (AvgIpc) is 2.31. The fourth-order valence-electron chi connectivity index (χ4n) is 1.65. The van der Waals surface area contributed by atoms with Gasteiger partial charge in [-0.15, -0.1) is 0 Å². The van der Waals surface area contributed by atoms with Crippen LogP contribution in [0.15, 0.2) is 35.2 Å². The third kappa shape index (κ3) is 2.38. The second kappa shape index (κ2) is 4.71. The van der Waals surface area contributed by atoms with Crippen LogP contribution in [0.4, 0.5) is 0 Å². The molecule has 0 N–H and O–H groups in total. The summed E-state index contributed by atoms with van der Waals surface area (Å²) < 4.78 is 27.4. The first-order valence-corrected chi connectivity index (χ1v) is 6.84. The molecule has 0 aliphatic carbocycles. The molecule has 6 heteroatoms. The van der Waals surface area contributed by atoms with Crippen molar-refractivity contribution in [1.82, 2.24) is 8.72 Å². The highest BCUT2D eigenvalue weighted by atomic mass is 35.5. The van der Waals surface area contributed by atoms with Gasteiger partial charge in [0.15, 0.2) is 0 Å².